The minimum atomic E-state index is -0.0513. The number of carbonyl (C=O) groups is 1. The number of rotatable bonds is 3. The molecule has 3 rings (SSSR count). The lowest BCUT2D eigenvalue weighted by atomic mass is 10.1. The minimum Gasteiger partial charge on any atom is -0.349 e. The van der Waals surface area contributed by atoms with Gasteiger partial charge in [-0.25, -0.2) is 4.68 Å². The lowest BCUT2D eigenvalue weighted by Gasteiger charge is -2.23. The second-order valence-corrected chi connectivity index (χ2v) is 5.98. The zero-order chi connectivity index (χ0) is 15.5. The van der Waals surface area contributed by atoms with Gasteiger partial charge in [-0.15, -0.1) is 0 Å². The van der Waals surface area contributed by atoms with Crippen LogP contribution in [0.25, 0.3) is 5.69 Å². The first-order chi connectivity index (χ1) is 10.6. The third-order valence-electron chi connectivity index (χ3n) is 3.91. The van der Waals surface area contributed by atoms with Crippen LogP contribution in [0.5, 0.6) is 0 Å². The molecule has 1 fully saturated rings. The van der Waals surface area contributed by atoms with E-state index in [4.69, 9.17) is 11.6 Å². The van der Waals surface area contributed by atoms with Gasteiger partial charge in [0.25, 0.3) is 5.91 Å². The summed E-state index contributed by atoms with van der Waals surface area (Å²) in [6.45, 7) is 3.76. The van der Waals surface area contributed by atoms with Crippen molar-refractivity contribution in [3.63, 3.8) is 0 Å². The first-order valence-electron chi connectivity index (χ1n) is 7.47. The Bertz CT molecular complexity index is 659. The molecule has 1 aliphatic rings. The number of hydrogen-bond donors (Lipinski definition) is 2. The van der Waals surface area contributed by atoms with E-state index < -0.39 is 0 Å². The van der Waals surface area contributed by atoms with E-state index in [1.54, 1.807) is 10.9 Å². The summed E-state index contributed by atoms with van der Waals surface area (Å²) in [5.74, 6) is -0.0513. The summed E-state index contributed by atoms with van der Waals surface area (Å²) in [4.78, 5) is 12.4. The van der Waals surface area contributed by atoms with E-state index in [0.29, 0.717) is 10.6 Å². The van der Waals surface area contributed by atoms with Gasteiger partial charge in [-0.3, -0.25) is 4.79 Å². The van der Waals surface area contributed by atoms with Crippen molar-refractivity contribution in [3.05, 3.63) is 46.7 Å². The standard InChI is InChI=1S/C16H19ClN4O/c1-11-15(16(22)19-13-6-8-18-9-7-13)10-21(20-11)14-4-2-12(17)3-5-14/h2-5,10,13,18H,6-9H2,1H3,(H,19,22). The van der Waals surface area contributed by atoms with Crippen LogP contribution in [0.1, 0.15) is 28.9 Å². The van der Waals surface area contributed by atoms with E-state index in [1.807, 2.05) is 31.2 Å². The van der Waals surface area contributed by atoms with Gasteiger partial charge in [0, 0.05) is 17.3 Å². The zero-order valence-corrected chi connectivity index (χ0v) is 13.2. The molecule has 1 aromatic carbocycles. The Labute approximate surface area is 134 Å². The van der Waals surface area contributed by atoms with E-state index in [9.17, 15) is 4.79 Å². The molecule has 6 heteroatoms. The van der Waals surface area contributed by atoms with Gasteiger partial charge in [0.15, 0.2) is 0 Å². The molecule has 0 unspecified atom stereocenters. The highest BCUT2D eigenvalue weighted by Crippen LogP contribution is 2.16. The van der Waals surface area contributed by atoms with Crippen molar-refractivity contribution >= 4 is 17.5 Å². The average molecular weight is 319 g/mol. The minimum absolute atomic E-state index is 0.0513. The van der Waals surface area contributed by atoms with E-state index in [1.165, 1.54) is 0 Å². The van der Waals surface area contributed by atoms with Gasteiger partial charge in [-0.2, -0.15) is 5.10 Å². The average Bonchev–Trinajstić information content (AvgIpc) is 2.91. The summed E-state index contributed by atoms with van der Waals surface area (Å²) in [5, 5.41) is 11.5. The highest BCUT2D eigenvalue weighted by atomic mass is 35.5. The van der Waals surface area contributed by atoms with Gasteiger partial charge < -0.3 is 10.6 Å². The van der Waals surface area contributed by atoms with Crippen molar-refractivity contribution < 1.29 is 4.79 Å². The van der Waals surface area contributed by atoms with Crippen LogP contribution in [0.2, 0.25) is 5.02 Å². The van der Waals surface area contributed by atoms with Crippen LogP contribution in [0.3, 0.4) is 0 Å². The number of hydrogen-bond acceptors (Lipinski definition) is 3. The van der Waals surface area contributed by atoms with Gasteiger partial charge >= 0.3 is 0 Å². The van der Waals surface area contributed by atoms with Gasteiger partial charge in [0.05, 0.1) is 16.9 Å². The Morgan fingerprint density at radius 2 is 2.00 bits per heavy atom. The molecule has 0 saturated carbocycles. The number of aryl methyl sites for hydroxylation is 1. The highest BCUT2D eigenvalue weighted by molar-refractivity contribution is 6.30. The van der Waals surface area contributed by atoms with E-state index in [2.05, 4.69) is 15.7 Å². The topological polar surface area (TPSA) is 59.0 Å². The second-order valence-electron chi connectivity index (χ2n) is 5.55. The molecule has 0 spiro atoms. The molecular weight excluding hydrogens is 300 g/mol. The Balaban J connectivity index is 1.76. The maximum absolute atomic E-state index is 12.4. The number of halogens is 1. The number of amides is 1. The number of nitrogens with zero attached hydrogens (tertiary/aromatic N) is 2. The van der Waals surface area contributed by atoms with Crippen LogP contribution in [0.15, 0.2) is 30.5 Å². The third-order valence-corrected chi connectivity index (χ3v) is 4.16. The summed E-state index contributed by atoms with van der Waals surface area (Å²) in [5.41, 5.74) is 2.23. The maximum Gasteiger partial charge on any atom is 0.254 e. The summed E-state index contributed by atoms with van der Waals surface area (Å²) < 4.78 is 1.71. The molecule has 0 radical (unpaired) electrons. The van der Waals surface area contributed by atoms with Crippen molar-refractivity contribution in [1.29, 1.82) is 0 Å². The highest BCUT2D eigenvalue weighted by Gasteiger charge is 2.19. The van der Waals surface area contributed by atoms with Crippen molar-refractivity contribution in [2.75, 3.05) is 13.1 Å². The molecule has 1 aliphatic heterocycles. The number of aromatic nitrogens is 2. The Morgan fingerprint density at radius 3 is 2.68 bits per heavy atom. The van der Waals surface area contributed by atoms with Crippen LogP contribution in [-0.2, 0) is 0 Å². The SMILES string of the molecule is Cc1nn(-c2ccc(Cl)cc2)cc1C(=O)NC1CCNCC1. The van der Waals surface area contributed by atoms with Crippen molar-refractivity contribution in [1.82, 2.24) is 20.4 Å². The molecule has 22 heavy (non-hydrogen) atoms. The Hall–Kier alpha value is -1.85. The number of carbonyl (C=O) groups excluding carboxylic acids is 1. The quantitative estimate of drug-likeness (QED) is 0.913. The monoisotopic (exact) mass is 318 g/mol. The molecule has 0 bridgehead atoms. The normalized spacial score (nSPS) is 15.7. The van der Waals surface area contributed by atoms with Crippen molar-refractivity contribution in [2.24, 2.45) is 0 Å². The molecule has 1 saturated heterocycles. The maximum atomic E-state index is 12.4. The smallest absolute Gasteiger partial charge is 0.254 e. The van der Waals surface area contributed by atoms with Crippen molar-refractivity contribution in [2.45, 2.75) is 25.8 Å². The molecule has 2 aromatic rings. The third kappa shape index (κ3) is 3.31. The lowest BCUT2D eigenvalue weighted by molar-refractivity contribution is 0.0929. The molecule has 2 N–H and O–H groups in total. The number of nitrogens with one attached hydrogen (secondary N) is 2. The van der Waals surface area contributed by atoms with Crippen LogP contribution in [-0.4, -0.2) is 34.8 Å². The second kappa shape index (κ2) is 6.50. The molecule has 2 heterocycles. The van der Waals surface area contributed by atoms with Gasteiger partial charge in [0.2, 0.25) is 0 Å². The first kappa shape index (κ1) is 15.1. The predicted molar refractivity (Wildman–Crippen MR) is 86.7 cm³/mol. The number of piperidine rings is 1. The molecule has 0 aliphatic carbocycles. The van der Waals surface area contributed by atoms with Crippen LogP contribution in [0.4, 0.5) is 0 Å². The predicted octanol–water partition coefficient (Wildman–Crippen LogP) is 2.32. The summed E-state index contributed by atoms with van der Waals surface area (Å²) in [6, 6.07) is 7.62. The van der Waals surface area contributed by atoms with E-state index in [0.717, 1.165) is 37.3 Å². The molecule has 1 amide bonds. The molecule has 5 nitrogen and oxygen atoms in total. The van der Waals surface area contributed by atoms with Gasteiger partial charge in [-0.1, -0.05) is 11.6 Å². The summed E-state index contributed by atoms with van der Waals surface area (Å²) in [6.07, 6.45) is 3.71. The fraction of sp³-hybridized carbons (Fsp3) is 0.375. The molecular formula is C16H19ClN4O. The number of benzene rings is 1. The molecule has 0 atom stereocenters. The fourth-order valence-electron chi connectivity index (χ4n) is 2.64. The Morgan fingerprint density at radius 1 is 1.32 bits per heavy atom. The summed E-state index contributed by atoms with van der Waals surface area (Å²) >= 11 is 5.90. The largest absolute Gasteiger partial charge is 0.349 e. The van der Waals surface area contributed by atoms with Crippen LogP contribution >= 0.6 is 11.6 Å². The lowest BCUT2D eigenvalue weighted by Crippen LogP contribution is -2.42. The Kier molecular flexibility index (Phi) is 4.45. The summed E-state index contributed by atoms with van der Waals surface area (Å²) in [7, 11) is 0. The first-order valence-corrected chi connectivity index (χ1v) is 7.85. The zero-order valence-electron chi connectivity index (χ0n) is 12.5. The van der Waals surface area contributed by atoms with Gasteiger partial charge in [-0.05, 0) is 57.1 Å². The van der Waals surface area contributed by atoms with Gasteiger partial charge in [0.1, 0.15) is 0 Å². The van der Waals surface area contributed by atoms with E-state index >= 15 is 0 Å². The molecule has 1 aromatic heterocycles. The van der Waals surface area contributed by atoms with Crippen molar-refractivity contribution in [3.8, 4) is 5.69 Å². The fourth-order valence-corrected chi connectivity index (χ4v) is 2.76. The molecule has 116 valence electrons. The van der Waals surface area contributed by atoms with Crippen LogP contribution < -0.4 is 10.6 Å². The van der Waals surface area contributed by atoms with Crippen LogP contribution in [0, 0.1) is 6.92 Å². The van der Waals surface area contributed by atoms with E-state index in [-0.39, 0.29) is 11.9 Å².